The Hall–Kier alpha value is -3.19. The van der Waals surface area contributed by atoms with Gasteiger partial charge in [0.05, 0.1) is 6.20 Å². The van der Waals surface area contributed by atoms with Crippen molar-refractivity contribution in [3.8, 4) is 0 Å². The van der Waals surface area contributed by atoms with Gasteiger partial charge in [-0.3, -0.25) is 0 Å². The quantitative estimate of drug-likeness (QED) is 0.695. The van der Waals surface area contributed by atoms with E-state index in [1.165, 1.54) is 11.3 Å². The molecular weight excluding hydrogens is 362 g/mol. The molecule has 1 aliphatic rings. The van der Waals surface area contributed by atoms with Crippen LogP contribution in [0, 0.1) is 0 Å². The minimum Gasteiger partial charge on any atom is -0.369 e. The van der Waals surface area contributed by atoms with Crippen molar-refractivity contribution in [2.75, 3.05) is 55.4 Å². The van der Waals surface area contributed by atoms with Gasteiger partial charge in [-0.15, -0.1) is 5.10 Å². The number of rotatable bonds is 6. The van der Waals surface area contributed by atoms with E-state index in [4.69, 9.17) is 0 Å². The summed E-state index contributed by atoms with van der Waals surface area (Å²) in [5, 5.41) is 11.5. The van der Waals surface area contributed by atoms with Crippen LogP contribution in [0.25, 0.3) is 0 Å². The lowest BCUT2D eigenvalue weighted by molar-refractivity contribution is 0.313. The van der Waals surface area contributed by atoms with Gasteiger partial charge in [-0.1, -0.05) is 30.3 Å². The number of anilines is 4. The number of nitrogens with one attached hydrogen (secondary N) is 1. The standard InChI is InChI=1S/C22H27N7/c1-27-12-14-29(15-13-27)20-10-8-19(9-11-20)24-22-25-21(16-23-26-22)28(2)17-18-6-4-3-5-7-18/h3-11,16H,12-15,17H2,1-2H3,(H,24,25,26). The third-order valence-electron chi connectivity index (χ3n) is 5.19. The molecule has 3 aromatic rings. The molecule has 7 nitrogen and oxygen atoms in total. The Balaban J connectivity index is 1.40. The predicted molar refractivity (Wildman–Crippen MR) is 118 cm³/mol. The van der Waals surface area contributed by atoms with Crippen LogP contribution in [0.2, 0.25) is 0 Å². The Bertz CT molecular complexity index is 906. The maximum Gasteiger partial charge on any atom is 0.249 e. The molecule has 0 spiro atoms. The molecular formula is C22H27N7. The Morgan fingerprint density at radius 3 is 2.41 bits per heavy atom. The Morgan fingerprint density at radius 1 is 0.966 bits per heavy atom. The smallest absolute Gasteiger partial charge is 0.249 e. The molecule has 29 heavy (non-hydrogen) atoms. The first-order valence-corrected chi connectivity index (χ1v) is 9.93. The summed E-state index contributed by atoms with van der Waals surface area (Å²) in [6.07, 6.45) is 1.69. The fourth-order valence-corrected chi connectivity index (χ4v) is 3.42. The first-order chi connectivity index (χ1) is 14.2. The van der Waals surface area contributed by atoms with Gasteiger partial charge in [0.25, 0.3) is 0 Å². The summed E-state index contributed by atoms with van der Waals surface area (Å²) in [6, 6.07) is 18.7. The zero-order chi connectivity index (χ0) is 20.1. The minimum atomic E-state index is 0.495. The maximum atomic E-state index is 4.61. The fraction of sp³-hybridized carbons (Fsp3) is 0.318. The molecule has 1 aliphatic heterocycles. The molecule has 0 atom stereocenters. The van der Waals surface area contributed by atoms with E-state index < -0.39 is 0 Å². The Labute approximate surface area is 172 Å². The fourth-order valence-electron chi connectivity index (χ4n) is 3.42. The lowest BCUT2D eigenvalue weighted by Gasteiger charge is -2.34. The van der Waals surface area contributed by atoms with Gasteiger partial charge < -0.3 is 20.0 Å². The SMILES string of the molecule is CN1CCN(c2ccc(Nc3nncc(N(C)Cc4ccccc4)n3)cc2)CC1. The highest BCUT2D eigenvalue weighted by Gasteiger charge is 2.14. The van der Waals surface area contributed by atoms with Gasteiger partial charge in [0.2, 0.25) is 5.95 Å². The van der Waals surface area contributed by atoms with Gasteiger partial charge in [0, 0.05) is 51.1 Å². The topological polar surface area (TPSA) is 60.4 Å². The minimum absolute atomic E-state index is 0.495. The lowest BCUT2D eigenvalue weighted by Crippen LogP contribution is -2.44. The zero-order valence-electron chi connectivity index (χ0n) is 17.0. The molecule has 7 heteroatoms. The summed E-state index contributed by atoms with van der Waals surface area (Å²) < 4.78 is 0. The van der Waals surface area contributed by atoms with Crippen LogP contribution in [0.4, 0.5) is 23.1 Å². The summed E-state index contributed by atoms with van der Waals surface area (Å²) in [4.78, 5) is 11.4. The second-order valence-corrected chi connectivity index (χ2v) is 7.44. The molecule has 0 amide bonds. The molecule has 0 aliphatic carbocycles. The van der Waals surface area contributed by atoms with E-state index in [1.54, 1.807) is 6.20 Å². The van der Waals surface area contributed by atoms with Crippen LogP contribution in [0.5, 0.6) is 0 Å². The molecule has 2 aromatic carbocycles. The molecule has 1 saturated heterocycles. The van der Waals surface area contributed by atoms with E-state index in [0.29, 0.717) is 5.95 Å². The third-order valence-corrected chi connectivity index (χ3v) is 5.19. The Kier molecular flexibility index (Phi) is 5.86. The van der Waals surface area contributed by atoms with Gasteiger partial charge >= 0.3 is 0 Å². The summed E-state index contributed by atoms with van der Waals surface area (Å²) in [5.74, 6) is 1.27. The van der Waals surface area contributed by atoms with Crippen molar-refractivity contribution in [1.29, 1.82) is 0 Å². The van der Waals surface area contributed by atoms with E-state index in [0.717, 1.165) is 44.2 Å². The first-order valence-electron chi connectivity index (χ1n) is 9.93. The molecule has 4 rings (SSSR count). The van der Waals surface area contributed by atoms with Crippen molar-refractivity contribution in [3.63, 3.8) is 0 Å². The van der Waals surface area contributed by atoms with Crippen LogP contribution >= 0.6 is 0 Å². The van der Waals surface area contributed by atoms with Gasteiger partial charge in [-0.05, 0) is 36.9 Å². The Morgan fingerprint density at radius 2 is 1.69 bits per heavy atom. The number of piperazine rings is 1. The van der Waals surface area contributed by atoms with Crippen molar-refractivity contribution >= 4 is 23.1 Å². The highest BCUT2D eigenvalue weighted by atomic mass is 15.3. The van der Waals surface area contributed by atoms with Crippen molar-refractivity contribution < 1.29 is 0 Å². The van der Waals surface area contributed by atoms with E-state index in [1.807, 2.05) is 25.2 Å². The largest absolute Gasteiger partial charge is 0.369 e. The second kappa shape index (κ2) is 8.87. The molecule has 2 heterocycles. The van der Waals surface area contributed by atoms with E-state index in [-0.39, 0.29) is 0 Å². The van der Waals surface area contributed by atoms with Crippen LogP contribution in [-0.4, -0.2) is 60.4 Å². The van der Waals surface area contributed by atoms with Crippen molar-refractivity contribution in [1.82, 2.24) is 20.1 Å². The number of benzene rings is 2. The molecule has 1 fully saturated rings. The van der Waals surface area contributed by atoms with E-state index in [2.05, 4.69) is 78.6 Å². The maximum absolute atomic E-state index is 4.61. The molecule has 0 radical (unpaired) electrons. The molecule has 0 saturated carbocycles. The van der Waals surface area contributed by atoms with E-state index >= 15 is 0 Å². The second-order valence-electron chi connectivity index (χ2n) is 7.44. The normalized spacial score (nSPS) is 14.6. The third kappa shape index (κ3) is 5.00. The number of hydrogen-bond acceptors (Lipinski definition) is 7. The van der Waals surface area contributed by atoms with Gasteiger partial charge in [-0.2, -0.15) is 10.1 Å². The van der Waals surface area contributed by atoms with Crippen molar-refractivity contribution in [2.45, 2.75) is 6.54 Å². The number of aromatic nitrogens is 3. The number of hydrogen-bond donors (Lipinski definition) is 1. The summed E-state index contributed by atoms with van der Waals surface area (Å²) in [6.45, 7) is 5.09. The molecule has 0 bridgehead atoms. The van der Waals surface area contributed by atoms with Crippen LogP contribution in [0.3, 0.4) is 0 Å². The van der Waals surface area contributed by atoms with Gasteiger partial charge in [0.15, 0.2) is 5.82 Å². The zero-order valence-corrected chi connectivity index (χ0v) is 17.0. The number of nitrogens with zero attached hydrogens (tertiary/aromatic N) is 6. The van der Waals surface area contributed by atoms with Gasteiger partial charge in [0.1, 0.15) is 0 Å². The highest BCUT2D eigenvalue weighted by Crippen LogP contribution is 2.21. The molecule has 1 N–H and O–H groups in total. The van der Waals surface area contributed by atoms with Crippen LogP contribution < -0.4 is 15.1 Å². The van der Waals surface area contributed by atoms with Crippen LogP contribution in [0.15, 0.2) is 60.8 Å². The summed E-state index contributed by atoms with van der Waals surface area (Å²) in [5.41, 5.74) is 3.43. The monoisotopic (exact) mass is 389 g/mol. The average molecular weight is 390 g/mol. The van der Waals surface area contributed by atoms with Gasteiger partial charge in [-0.25, -0.2) is 0 Å². The molecule has 0 unspecified atom stereocenters. The van der Waals surface area contributed by atoms with Crippen LogP contribution in [0.1, 0.15) is 5.56 Å². The predicted octanol–water partition coefficient (Wildman–Crippen LogP) is 3.00. The molecule has 150 valence electrons. The average Bonchev–Trinajstić information content (AvgIpc) is 2.76. The van der Waals surface area contributed by atoms with E-state index in [9.17, 15) is 0 Å². The van der Waals surface area contributed by atoms with Crippen LogP contribution in [-0.2, 0) is 6.54 Å². The van der Waals surface area contributed by atoms with Crippen molar-refractivity contribution in [2.24, 2.45) is 0 Å². The first kappa shape index (κ1) is 19.1. The lowest BCUT2D eigenvalue weighted by atomic mass is 10.2. The number of likely N-dealkylation sites (N-methyl/N-ethyl adjacent to an activating group) is 1. The molecule has 1 aromatic heterocycles. The summed E-state index contributed by atoms with van der Waals surface area (Å²) in [7, 11) is 4.18. The van der Waals surface area contributed by atoms with Crippen molar-refractivity contribution in [3.05, 3.63) is 66.4 Å². The highest BCUT2D eigenvalue weighted by molar-refractivity contribution is 5.60. The summed E-state index contributed by atoms with van der Waals surface area (Å²) >= 11 is 0.